The van der Waals surface area contributed by atoms with Gasteiger partial charge in [0.05, 0.1) is 18.5 Å². The molecule has 1 unspecified atom stereocenters. The average Bonchev–Trinajstić information content (AvgIpc) is 3.04. The van der Waals surface area contributed by atoms with Gasteiger partial charge in [-0.2, -0.15) is 0 Å². The smallest absolute Gasteiger partial charge is 0.303 e. The Bertz CT molecular complexity index is 727. The Morgan fingerprint density at radius 1 is 1.44 bits per heavy atom. The van der Waals surface area contributed by atoms with Crippen LogP contribution in [0, 0.1) is 17.6 Å². The molecule has 1 N–H and O–H groups in total. The molecule has 27 heavy (non-hydrogen) atoms. The fourth-order valence-corrected chi connectivity index (χ4v) is 3.00. The van der Waals surface area contributed by atoms with Gasteiger partial charge in [-0.15, -0.1) is 0 Å². The van der Waals surface area contributed by atoms with Crippen molar-refractivity contribution in [2.75, 3.05) is 24.6 Å². The van der Waals surface area contributed by atoms with E-state index < -0.39 is 17.6 Å². The Morgan fingerprint density at radius 3 is 2.74 bits per heavy atom. The van der Waals surface area contributed by atoms with Crippen molar-refractivity contribution in [1.29, 1.82) is 0 Å². The molecule has 1 saturated heterocycles. The zero-order chi connectivity index (χ0) is 19.8. The first-order chi connectivity index (χ1) is 13.0. The number of carboxylic acid groups (broad SMARTS) is 1. The van der Waals surface area contributed by atoms with Crippen LogP contribution in [-0.2, 0) is 9.53 Å². The van der Waals surface area contributed by atoms with E-state index in [0.717, 1.165) is 6.42 Å². The van der Waals surface area contributed by atoms with E-state index in [1.807, 2.05) is 6.92 Å². The average molecular weight is 379 g/mol. The van der Waals surface area contributed by atoms with Crippen LogP contribution in [0.3, 0.4) is 0 Å². The Labute approximate surface area is 156 Å². The summed E-state index contributed by atoms with van der Waals surface area (Å²) in [5.74, 6) is -2.50. The lowest BCUT2D eigenvalue weighted by atomic mass is 10.1. The van der Waals surface area contributed by atoms with E-state index in [4.69, 9.17) is 9.84 Å². The molecule has 1 atom stereocenters. The lowest BCUT2D eigenvalue weighted by Crippen LogP contribution is -2.23. The molecule has 2 rings (SSSR count). The topological polar surface area (TPSA) is 74.5 Å². The Kier molecular flexibility index (Phi) is 7.45. The van der Waals surface area contributed by atoms with Crippen molar-refractivity contribution in [3.63, 3.8) is 0 Å². The first-order valence-corrected chi connectivity index (χ1v) is 8.72. The summed E-state index contributed by atoms with van der Waals surface area (Å²) >= 11 is 0. The molecule has 146 valence electrons. The van der Waals surface area contributed by atoms with Crippen LogP contribution in [0.1, 0.15) is 31.7 Å². The van der Waals surface area contributed by atoms with Gasteiger partial charge in [0.1, 0.15) is 17.3 Å². The summed E-state index contributed by atoms with van der Waals surface area (Å²) in [6, 6.07) is 2.36. The lowest BCUT2D eigenvalue weighted by molar-refractivity contribution is -0.137. The monoisotopic (exact) mass is 379 g/mol. The number of benzene rings is 1. The number of anilines is 1. The maximum Gasteiger partial charge on any atom is 0.303 e. The third-order valence-corrected chi connectivity index (χ3v) is 4.18. The zero-order valence-electron chi connectivity index (χ0n) is 15.2. The second-order valence-electron chi connectivity index (χ2n) is 6.29. The molecule has 1 aromatic rings. The van der Waals surface area contributed by atoms with Gasteiger partial charge in [-0.05, 0) is 37.6 Å². The predicted octanol–water partition coefficient (Wildman–Crippen LogP) is 3.72. The minimum atomic E-state index is -0.909. The quantitative estimate of drug-likeness (QED) is 0.403. The normalized spacial score (nSPS) is 17.5. The highest BCUT2D eigenvalue weighted by molar-refractivity contribution is 5.73. The minimum Gasteiger partial charge on any atom is -0.483 e. The summed E-state index contributed by atoms with van der Waals surface area (Å²) in [7, 11) is 0. The molecule has 1 aliphatic rings. The first-order valence-electron chi connectivity index (χ1n) is 8.72. The fraction of sp³-hybridized carbons (Fsp3) is 0.421. The van der Waals surface area contributed by atoms with Crippen molar-refractivity contribution in [3.8, 4) is 0 Å². The van der Waals surface area contributed by atoms with Crippen LogP contribution in [0.15, 0.2) is 28.3 Å². The first kappa shape index (κ1) is 20.5. The summed E-state index contributed by atoms with van der Waals surface area (Å²) in [5, 5.41) is 8.88. The molecule has 0 aliphatic carbocycles. The van der Waals surface area contributed by atoms with Crippen LogP contribution in [0.4, 0.5) is 14.5 Å². The van der Waals surface area contributed by atoms with Gasteiger partial charge >= 0.3 is 5.97 Å². The summed E-state index contributed by atoms with van der Waals surface area (Å²) in [6.07, 6.45) is 3.88. The number of nitrogens with zero attached hydrogens (tertiary/aromatic N) is 3. The SMILES string of the molecule is C=N/C=C(\N=C\OCCC)c1cc(F)c(N2CCC(CC(=O)O)C2)c(F)c1. The number of rotatable bonds is 9. The molecule has 8 heteroatoms. The maximum absolute atomic E-state index is 14.6. The Morgan fingerprint density at radius 2 is 2.15 bits per heavy atom. The third-order valence-electron chi connectivity index (χ3n) is 4.18. The number of carboxylic acids is 1. The summed E-state index contributed by atoms with van der Waals surface area (Å²) in [5.41, 5.74) is 0.276. The maximum atomic E-state index is 14.6. The number of hydrogen-bond donors (Lipinski definition) is 1. The third kappa shape index (κ3) is 5.60. The molecule has 0 spiro atoms. The highest BCUT2D eigenvalue weighted by Crippen LogP contribution is 2.32. The summed E-state index contributed by atoms with van der Waals surface area (Å²) in [6.45, 7) is 6.48. The van der Waals surface area contributed by atoms with E-state index >= 15 is 0 Å². The van der Waals surface area contributed by atoms with E-state index in [-0.39, 0.29) is 29.3 Å². The molecule has 0 aromatic heterocycles. The van der Waals surface area contributed by atoms with Gasteiger partial charge in [0.25, 0.3) is 0 Å². The van der Waals surface area contributed by atoms with Crippen LogP contribution in [0.25, 0.3) is 5.70 Å². The molecule has 0 saturated carbocycles. The number of halogens is 2. The number of ether oxygens (including phenoxy) is 1. The van der Waals surface area contributed by atoms with E-state index in [1.54, 1.807) is 4.90 Å². The van der Waals surface area contributed by atoms with Crippen molar-refractivity contribution in [1.82, 2.24) is 0 Å². The van der Waals surface area contributed by atoms with E-state index in [9.17, 15) is 13.6 Å². The molecule has 1 heterocycles. The van der Waals surface area contributed by atoms with Crippen molar-refractivity contribution in [2.24, 2.45) is 15.9 Å². The largest absolute Gasteiger partial charge is 0.483 e. The van der Waals surface area contributed by atoms with Crippen molar-refractivity contribution in [2.45, 2.75) is 26.2 Å². The number of aliphatic carboxylic acids is 1. The molecule has 6 nitrogen and oxygen atoms in total. The molecule has 1 aliphatic heterocycles. The van der Waals surface area contributed by atoms with Gasteiger partial charge in [-0.1, -0.05) is 6.92 Å². The van der Waals surface area contributed by atoms with E-state index in [0.29, 0.717) is 26.1 Å². The van der Waals surface area contributed by atoms with Crippen LogP contribution in [0.5, 0.6) is 0 Å². The van der Waals surface area contributed by atoms with Crippen LogP contribution in [0.2, 0.25) is 0 Å². The molecule has 0 radical (unpaired) electrons. The standard InChI is InChI=1S/C19H23F2N3O3/c1-3-6-27-12-23-17(10-22-2)14-8-15(20)19(16(21)9-14)24-5-4-13(11-24)7-18(25)26/h8-10,12-13H,2-7,11H2,1H3,(H,25,26)/b17-10-,23-12+. The number of hydrogen-bond acceptors (Lipinski definition) is 5. The second kappa shape index (κ2) is 9.80. The van der Waals surface area contributed by atoms with Crippen LogP contribution in [-0.4, -0.2) is 43.9 Å². The number of aliphatic imine (C=N–C) groups is 2. The highest BCUT2D eigenvalue weighted by atomic mass is 19.1. The molecule has 0 amide bonds. The summed E-state index contributed by atoms with van der Waals surface area (Å²) in [4.78, 5) is 20.0. The zero-order valence-corrected chi connectivity index (χ0v) is 15.2. The van der Waals surface area contributed by atoms with Gasteiger partial charge < -0.3 is 14.7 Å². The van der Waals surface area contributed by atoms with Gasteiger partial charge in [0.15, 0.2) is 6.40 Å². The molecular formula is C19H23F2N3O3. The molecule has 1 aromatic carbocycles. The molecule has 1 fully saturated rings. The van der Waals surface area contributed by atoms with Gasteiger partial charge in [0, 0.05) is 25.1 Å². The minimum absolute atomic E-state index is 0.0117. The lowest BCUT2D eigenvalue weighted by Gasteiger charge is -2.20. The van der Waals surface area contributed by atoms with Gasteiger partial charge in [-0.25, -0.2) is 13.8 Å². The van der Waals surface area contributed by atoms with Crippen molar-refractivity contribution >= 4 is 30.5 Å². The predicted molar refractivity (Wildman–Crippen MR) is 101 cm³/mol. The Hall–Kier alpha value is -2.77. The second-order valence-corrected chi connectivity index (χ2v) is 6.29. The van der Waals surface area contributed by atoms with Crippen LogP contribution >= 0.6 is 0 Å². The molecular weight excluding hydrogens is 356 g/mol. The van der Waals surface area contributed by atoms with Crippen molar-refractivity contribution < 1.29 is 23.4 Å². The van der Waals surface area contributed by atoms with Gasteiger partial charge in [-0.3, -0.25) is 9.79 Å². The number of carbonyl (C=O) groups is 1. The van der Waals surface area contributed by atoms with Crippen LogP contribution < -0.4 is 4.90 Å². The Balaban J connectivity index is 2.22. The highest BCUT2D eigenvalue weighted by Gasteiger charge is 2.28. The van der Waals surface area contributed by atoms with Gasteiger partial charge in [0.2, 0.25) is 0 Å². The molecule has 0 bridgehead atoms. The fourth-order valence-electron chi connectivity index (χ4n) is 3.00. The van der Waals surface area contributed by atoms with E-state index in [2.05, 4.69) is 16.7 Å². The van der Waals surface area contributed by atoms with Crippen molar-refractivity contribution in [3.05, 3.63) is 35.5 Å². The van der Waals surface area contributed by atoms with E-state index in [1.165, 1.54) is 24.7 Å². The summed E-state index contributed by atoms with van der Waals surface area (Å²) < 4.78 is 34.4.